The van der Waals surface area contributed by atoms with Gasteiger partial charge in [-0.05, 0) is 75.3 Å². The normalized spacial score (nSPS) is 10.4. The maximum absolute atomic E-state index is 5.64. The van der Waals surface area contributed by atoms with Crippen molar-refractivity contribution in [1.29, 1.82) is 0 Å². The molecule has 0 unspecified atom stereocenters. The van der Waals surface area contributed by atoms with E-state index in [0.29, 0.717) is 0 Å². The second-order valence-corrected chi connectivity index (χ2v) is 15.3. The van der Waals surface area contributed by atoms with Crippen LogP contribution >= 0.6 is 35.2 Å². The van der Waals surface area contributed by atoms with Gasteiger partial charge in [-0.25, -0.2) is 0 Å². The predicted octanol–water partition coefficient (Wildman–Crippen LogP) is 6.31. The van der Waals surface area contributed by atoms with E-state index in [9.17, 15) is 0 Å². The molecule has 0 saturated heterocycles. The van der Waals surface area contributed by atoms with Gasteiger partial charge in [0.1, 0.15) is 0 Å². The Bertz CT molecular complexity index is 896. The second-order valence-electron chi connectivity index (χ2n) is 7.98. The first-order valence-electron chi connectivity index (χ1n) is 12.3. The van der Waals surface area contributed by atoms with E-state index in [2.05, 4.69) is 121 Å². The van der Waals surface area contributed by atoms with Crippen LogP contribution in [0.1, 0.15) is 12.8 Å². The fourth-order valence-corrected chi connectivity index (χ4v) is 8.50. The van der Waals surface area contributed by atoms with Gasteiger partial charge in [0.25, 0.3) is 0 Å². The molecule has 0 amide bonds. The van der Waals surface area contributed by atoms with Crippen molar-refractivity contribution in [3.05, 3.63) is 121 Å². The summed E-state index contributed by atoms with van der Waals surface area (Å²) in [5.41, 5.74) is 11.3. The van der Waals surface area contributed by atoms with Crippen molar-refractivity contribution in [2.45, 2.75) is 12.8 Å². The molecule has 0 spiro atoms. The van der Waals surface area contributed by atoms with Crippen LogP contribution in [-0.2, 0) is 15.1 Å². The third kappa shape index (κ3) is 12.5. The molecule has 4 aromatic carbocycles. The van der Waals surface area contributed by atoms with Gasteiger partial charge in [0.2, 0.25) is 0 Å². The van der Waals surface area contributed by atoms with E-state index in [1.54, 1.807) is 0 Å². The number of hydrogen-bond donors (Lipinski definition) is 2. The summed E-state index contributed by atoms with van der Waals surface area (Å²) >= 11 is -0.346. The summed E-state index contributed by atoms with van der Waals surface area (Å²) in [5, 5.41) is 5.79. The van der Waals surface area contributed by atoms with Crippen LogP contribution in [0.4, 0.5) is 0 Å². The Labute approximate surface area is 241 Å². The van der Waals surface area contributed by atoms with E-state index in [0.717, 1.165) is 25.9 Å². The zero-order valence-corrected chi connectivity index (χ0v) is 26.0. The summed E-state index contributed by atoms with van der Waals surface area (Å²) in [6.07, 6.45) is 4.55. The molecular formula is C30H36Cl2N2P2Ru. The number of halogens is 2. The molecule has 4 rings (SSSR count). The van der Waals surface area contributed by atoms with Crippen LogP contribution in [0.15, 0.2) is 121 Å². The Balaban J connectivity index is 0.000000235. The van der Waals surface area contributed by atoms with Crippen LogP contribution in [-0.4, -0.2) is 25.4 Å². The van der Waals surface area contributed by atoms with Crippen LogP contribution < -0.4 is 32.7 Å². The summed E-state index contributed by atoms with van der Waals surface area (Å²) in [4.78, 5) is 0. The summed E-state index contributed by atoms with van der Waals surface area (Å²) in [6, 6.07) is 43.1. The van der Waals surface area contributed by atoms with Crippen molar-refractivity contribution in [2.24, 2.45) is 11.5 Å². The Morgan fingerprint density at radius 1 is 0.459 bits per heavy atom. The Hall–Kier alpha value is -1.14. The Morgan fingerprint density at radius 3 is 0.865 bits per heavy atom. The van der Waals surface area contributed by atoms with E-state index in [1.807, 2.05) is 0 Å². The number of nitrogens with two attached hydrogens (primary N) is 2. The SMILES string of the molecule is NCCCP(c1ccccc1)c1ccccc1.NCCCP(c1ccccc1)c1ccccc1.[Cl][Ru][Cl]. The van der Waals surface area contributed by atoms with Gasteiger partial charge in [0.15, 0.2) is 0 Å². The van der Waals surface area contributed by atoms with Gasteiger partial charge >= 0.3 is 34.5 Å². The summed E-state index contributed by atoms with van der Waals surface area (Å²) in [6.45, 7) is 1.55. The molecule has 0 aromatic heterocycles. The minimum atomic E-state index is -0.346. The molecule has 0 fully saturated rings. The van der Waals surface area contributed by atoms with Crippen molar-refractivity contribution < 1.29 is 15.1 Å². The van der Waals surface area contributed by atoms with Gasteiger partial charge < -0.3 is 11.5 Å². The number of hydrogen-bond acceptors (Lipinski definition) is 2. The average molecular weight is 659 g/mol. The summed E-state index contributed by atoms with van der Waals surface area (Å²) in [7, 11) is 9.23. The molecule has 198 valence electrons. The molecule has 2 nitrogen and oxygen atoms in total. The van der Waals surface area contributed by atoms with Crippen molar-refractivity contribution in [2.75, 3.05) is 25.4 Å². The quantitative estimate of drug-likeness (QED) is 0.155. The van der Waals surface area contributed by atoms with Crippen LogP contribution in [0.5, 0.6) is 0 Å². The van der Waals surface area contributed by atoms with E-state index in [1.165, 1.54) is 33.5 Å². The number of rotatable bonds is 10. The third-order valence-corrected chi connectivity index (χ3v) is 10.7. The van der Waals surface area contributed by atoms with Gasteiger partial charge in [-0.15, -0.1) is 0 Å². The molecular weight excluding hydrogens is 622 g/mol. The average Bonchev–Trinajstić information content (AvgIpc) is 2.97. The minimum absolute atomic E-state index is 0.237. The maximum atomic E-state index is 5.64. The molecule has 0 radical (unpaired) electrons. The molecule has 37 heavy (non-hydrogen) atoms. The van der Waals surface area contributed by atoms with E-state index >= 15 is 0 Å². The van der Waals surface area contributed by atoms with Crippen molar-refractivity contribution in [3.63, 3.8) is 0 Å². The Morgan fingerprint density at radius 2 is 0.676 bits per heavy atom. The molecule has 0 heterocycles. The molecule has 0 aliphatic heterocycles. The fourth-order valence-electron chi connectivity index (χ4n) is 3.75. The predicted molar refractivity (Wildman–Crippen MR) is 167 cm³/mol. The van der Waals surface area contributed by atoms with E-state index in [-0.39, 0.29) is 31.0 Å². The molecule has 0 atom stereocenters. The van der Waals surface area contributed by atoms with E-state index in [4.69, 9.17) is 30.8 Å². The molecule has 4 N–H and O–H groups in total. The number of benzene rings is 4. The zero-order valence-electron chi connectivity index (χ0n) is 20.9. The molecule has 0 saturated carbocycles. The second kappa shape index (κ2) is 20.8. The Kier molecular flexibility index (Phi) is 18.0. The van der Waals surface area contributed by atoms with Crippen molar-refractivity contribution in [3.8, 4) is 0 Å². The molecule has 4 aromatic rings. The first-order valence-corrected chi connectivity index (χ1v) is 19.8. The van der Waals surface area contributed by atoms with E-state index < -0.39 is 0 Å². The van der Waals surface area contributed by atoms with Crippen molar-refractivity contribution in [1.82, 2.24) is 0 Å². The van der Waals surface area contributed by atoms with Crippen molar-refractivity contribution >= 4 is 56.4 Å². The van der Waals surface area contributed by atoms with Gasteiger partial charge in [0.05, 0.1) is 0 Å². The third-order valence-electron chi connectivity index (χ3n) is 5.44. The van der Waals surface area contributed by atoms with Gasteiger partial charge in [-0.2, -0.15) is 0 Å². The molecule has 0 bridgehead atoms. The van der Waals surface area contributed by atoms with Gasteiger partial charge in [0, 0.05) is 0 Å². The zero-order chi connectivity index (χ0) is 26.6. The standard InChI is InChI=1S/2C15H18NP.2ClH.Ru/c2*16-12-7-13-17(14-8-3-1-4-9-14)15-10-5-2-6-11-15;;;/h2*1-6,8-11H,7,12-13,16H2;2*1H;/q;;;;+2/p-2. The van der Waals surface area contributed by atoms with Crippen LogP contribution in [0, 0.1) is 0 Å². The molecule has 7 heteroatoms. The summed E-state index contributed by atoms with van der Waals surface area (Å²) < 4.78 is 0. The molecule has 0 aliphatic rings. The van der Waals surface area contributed by atoms with Crippen LogP contribution in [0.3, 0.4) is 0 Å². The monoisotopic (exact) mass is 658 g/mol. The first-order chi connectivity index (χ1) is 18.2. The van der Waals surface area contributed by atoms with Gasteiger partial charge in [-0.1, -0.05) is 121 Å². The fraction of sp³-hybridized carbons (Fsp3) is 0.200. The summed E-state index contributed by atoms with van der Waals surface area (Å²) in [5.74, 6) is 0. The van der Waals surface area contributed by atoms with Gasteiger partial charge in [-0.3, -0.25) is 0 Å². The first kappa shape index (κ1) is 32.1. The van der Waals surface area contributed by atoms with Crippen LogP contribution in [0.25, 0.3) is 0 Å². The molecule has 0 aliphatic carbocycles. The topological polar surface area (TPSA) is 52.0 Å². The van der Waals surface area contributed by atoms with Crippen LogP contribution in [0.2, 0.25) is 0 Å².